The van der Waals surface area contributed by atoms with Crippen LogP contribution in [0.5, 0.6) is 0 Å². The number of hydrogen-bond donors (Lipinski definition) is 0. The third kappa shape index (κ3) is 2.74. The molecule has 0 amide bonds. The van der Waals surface area contributed by atoms with Crippen molar-refractivity contribution in [1.29, 1.82) is 0 Å². The minimum absolute atomic E-state index is 0.528. The Kier molecular flexibility index (Phi) is 2.84. The molecule has 0 radical (unpaired) electrons. The molecule has 1 aromatic rings. The molecule has 0 heterocycles. The highest BCUT2D eigenvalue weighted by Crippen LogP contribution is 2.13. The van der Waals surface area contributed by atoms with Gasteiger partial charge in [-0.3, -0.25) is 0 Å². The van der Waals surface area contributed by atoms with Crippen molar-refractivity contribution in [3.05, 3.63) is 35.0 Å². The molecular weight excluding hydrogens is 166 g/mol. The van der Waals surface area contributed by atoms with Crippen LogP contribution in [0.2, 0.25) is 0 Å². The van der Waals surface area contributed by atoms with E-state index >= 15 is 0 Å². The van der Waals surface area contributed by atoms with Gasteiger partial charge in [0, 0.05) is 0 Å². The van der Waals surface area contributed by atoms with Gasteiger partial charge in [0.2, 0.25) is 0 Å². The summed E-state index contributed by atoms with van der Waals surface area (Å²) < 4.78 is 0. The third-order valence-electron chi connectivity index (χ3n) is 1.67. The van der Waals surface area contributed by atoms with Gasteiger partial charge in [-0.1, -0.05) is 17.7 Å². The summed E-state index contributed by atoms with van der Waals surface area (Å²) in [6, 6.07) is 7.79. The van der Waals surface area contributed by atoms with Crippen molar-refractivity contribution >= 4 is 5.69 Å². The van der Waals surface area contributed by atoms with Gasteiger partial charge in [-0.2, -0.15) is 4.86 Å². The molecule has 0 fully saturated rings. The van der Waals surface area contributed by atoms with E-state index in [1.165, 1.54) is 17.6 Å². The van der Waals surface area contributed by atoms with Crippen LogP contribution in [-0.2, 0) is 0 Å². The molecule has 0 saturated carbocycles. The Hall–Kier alpha value is -1.58. The van der Waals surface area contributed by atoms with Crippen molar-refractivity contribution in [3.63, 3.8) is 0 Å². The number of hydroxylamine groups is 1. The van der Waals surface area contributed by atoms with Crippen LogP contribution in [-0.4, -0.2) is 19.0 Å². The van der Waals surface area contributed by atoms with E-state index < -0.39 is 0 Å². The van der Waals surface area contributed by atoms with Crippen molar-refractivity contribution in [2.24, 2.45) is 5.22 Å². The van der Waals surface area contributed by atoms with E-state index in [2.05, 4.69) is 5.22 Å². The van der Waals surface area contributed by atoms with E-state index in [4.69, 9.17) is 0 Å². The first kappa shape index (κ1) is 9.51. The zero-order chi connectivity index (χ0) is 9.84. The SMILES string of the molecule is Cc1ccc(N(C)/N=[N+](/C)[O-])cc1. The van der Waals surface area contributed by atoms with Crippen molar-refractivity contribution in [2.45, 2.75) is 6.92 Å². The zero-order valence-electron chi connectivity index (χ0n) is 8.06. The van der Waals surface area contributed by atoms with E-state index in [-0.39, 0.29) is 0 Å². The molecule has 0 aliphatic heterocycles. The van der Waals surface area contributed by atoms with Gasteiger partial charge in [-0.25, -0.2) is 0 Å². The highest BCUT2D eigenvalue weighted by Gasteiger charge is 2.04. The van der Waals surface area contributed by atoms with Gasteiger partial charge in [0.25, 0.3) is 0 Å². The largest absolute Gasteiger partial charge is 0.696 e. The lowest BCUT2D eigenvalue weighted by atomic mass is 10.2. The molecule has 0 spiro atoms. The van der Waals surface area contributed by atoms with Crippen LogP contribution in [0, 0.1) is 12.1 Å². The number of nitrogens with zero attached hydrogens (tertiary/aromatic N) is 3. The predicted molar refractivity (Wildman–Crippen MR) is 51.6 cm³/mol. The highest BCUT2D eigenvalue weighted by molar-refractivity contribution is 5.45. The summed E-state index contributed by atoms with van der Waals surface area (Å²) in [5, 5.41) is 15.8. The van der Waals surface area contributed by atoms with Crippen LogP contribution in [0.1, 0.15) is 5.56 Å². The number of anilines is 1. The average molecular weight is 179 g/mol. The first-order valence-corrected chi connectivity index (χ1v) is 4.02. The molecule has 0 saturated heterocycles. The van der Waals surface area contributed by atoms with Crippen molar-refractivity contribution in [1.82, 2.24) is 0 Å². The smallest absolute Gasteiger partial charge is 0.149 e. The van der Waals surface area contributed by atoms with Crippen LogP contribution in [0.15, 0.2) is 29.5 Å². The Bertz CT molecular complexity index is 301. The normalized spacial score (nSPS) is 11.5. The summed E-state index contributed by atoms with van der Waals surface area (Å²) in [5.74, 6) is 0. The first-order valence-electron chi connectivity index (χ1n) is 4.02. The van der Waals surface area contributed by atoms with Crippen molar-refractivity contribution in [3.8, 4) is 0 Å². The van der Waals surface area contributed by atoms with Crippen LogP contribution in [0.3, 0.4) is 0 Å². The maximum absolute atomic E-state index is 10.6. The van der Waals surface area contributed by atoms with E-state index in [1.807, 2.05) is 31.2 Å². The molecular formula is C9H13N3O. The van der Waals surface area contributed by atoms with Gasteiger partial charge in [-0.15, -0.1) is 5.01 Å². The highest BCUT2D eigenvalue weighted by atomic mass is 16.5. The lowest BCUT2D eigenvalue weighted by Gasteiger charge is -2.06. The van der Waals surface area contributed by atoms with Gasteiger partial charge < -0.3 is 5.21 Å². The van der Waals surface area contributed by atoms with E-state index in [1.54, 1.807) is 7.05 Å². The summed E-state index contributed by atoms with van der Waals surface area (Å²) in [6.45, 7) is 2.01. The maximum Gasteiger partial charge on any atom is 0.149 e. The van der Waals surface area contributed by atoms with Crippen LogP contribution in [0.4, 0.5) is 5.69 Å². The van der Waals surface area contributed by atoms with Gasteiger partial charge in [0.05, 0.1) is 5.22 Å². The molecule has 13 heavy (non-hydrogen) atoms. The molecule has 1 aromatic carbocycles. The summed E-state index contributed by atoms with van der Waals surface area (Å²) in [4.78, 5) is 0.528. The van der Waals surface area contributed by atoms with E-state index in [0.717, 1.165) is 5.69 Å². The van der Waals surface area contributed by atoms with Crippen LogP contribution < -0.4 is 5.01 Å². The molecule has 4 nitrogen and oxygen atoms in total. The number of benzene rings is 1. The lowest BCUT2D eigenvalue weighted by Crippen LogP contribution is -2.11. The second kappa shape index (κ2) is 3.89. The minimum Gasteiger partial charge on any atom is -0.696 e. The maximum atomic E-state index is 10.6. The third-order valence-corrected chi connectivity index (χ3v) is 1.67. The fourth-order valence-electron chi connectivity index (χ4n) is 1.00. The van der Waals surface area contributed by atoms with Crippen molar-refractivity contribution in [2.75, 3.05) is 19.1 Å². The van der Waals surface area contributed by atoms with Gasteiger partial charge in [-0.05, 0) is 19.1 Å². The molecule has 4 heteroatoms. The Balaban J connectivity index is 2.83. The first-order chi connectivity index (χ1) is 6.09. The molecule has 0 atom stereocenters. The Morgan fingerprint density at radius 1 is 1.31 bits per heavy atom. The Morgan fingerprint density at radius 2 is 1.85 bits per heavy atom. The predicted octanol–water partition coefficient (Wildman–Crippen LogP) is 1.94. The van der Waals surface area contributed by atoms with Crippen LogP contribution >= 0.6 is 0 Å². The fraction of sp³-hybridized carbons (Fsp3) is 0.333. The fourth-order valence-corrected chi connectivity index (χ4v) is 1.00. The lowest BCUT2D eigenvalue weighted by molar-refractivity contribution is -0.500. The van der Waals surface area contributed by atoms with E-state index in [9.17, 15) is 5.21 Å². The summed E-state index contributed by atoms with van der Waals surface area (Å²) >= 11 is 0. The second-order valence-electron chi connectivity index (χ2n) is 2.91. The molecule has 0 aliphatic carbocycles. The molecule has 0 N–H and O–H groups in total. The van der Waals surface area contributed by atoms with Gasteiger partial charge in [0.1, 0.15) is 19.8 Å². The average Bonchev–Trinajstić information content (AvgIpc) is 2.04. The van der Waals surface area contributed by atoms with Crippen LogP contribution in [0.25, 0.3) is 0 Å². The monoisotopic (exact) mass is 179 g/mol. The summed E-state index contributed by atoms with van der Waals surface area (Å²) in [7, 11) is 3.09. The summed E-state index contributed by atoms with van der Waals surface area (Å²) in [6.07, 6.45) is 0. The molecule has 0 bridgehead atoms. The summed E-state index contributed by atoms with van der Waals surface area (Å²) in [5.41, 5.74) is 2.08. The zero-order valence-corrected chi connectivity index (χ0v) is 8.06. The quantitative estimate of drug-likeness (QED) is 0.395. The molecule has 0 aliphatic rings. The minimum atomic E-state index is 0.528. The van der Waals surface area contributed by atoms with Crippen molar-refractivity contribution < 1.29 is 4.86 Å². The van der Waals surface area contributed by atoms with Gasteiger partial charge >= 0.3 is 0 Å². The number of rotatable bonds is 2. The molecule has 0 aromatic heterocycles. The number of aryl methyl sites for hydroxylation is 1. The second-order valence-corrected chi connectivity index (χ2v) is 2.91. The molecule has 70 valence electrons. The topological polar surface area (TPSA) is 41.7 Å². The number of hydrogen-bond acceptors (Lipinski definition) is 2. The Labute approximate surface area is 77.7 Å². The standard InChI is InChI=1S/C9H13N3O/c1-8-4-6-9(7-5-8)11(2)10-12(3)13/h4-7H,1-3H3/b12-10-. The van der Waals surface area contributed by atoms with Gasteiger partial charge in [0.15, 0.2) is 0 Å². The van der Waals surface area contributed by atoms with E-state index in [0.29, 0.717) is 4.86 Å². The molecule has 1 rings (SSSR count). The molecule has 0 unspecified atom stereocenters. The Morgan fingerprint density at radius 3 is 2.31 bits per heavy atom.